The summed E-state index contributed by atoms with van der Waals surface area (Å²) < 4.78 is 26.3. The molecule has 0 bridgehead atoms. The third kappa shape index (κ3) is 8.64. The lowest BCUT2D eigenvalue weighted by Crippen LogP contribution is -2.61. The van der Waals surface area contributed by atoms with Crippen LogP contribution in [-0.2, 0) is 32.2 Å². The zero-order chi connectivity index (χ0) is 36.8. The molecule has 294 valence electrons. The largest absolute Gasteiger partial charge is 0.394 e. The smallest absolute Gasteiger partial charge is 0.187 e. The monoisotopic (exact) mass is 731 g/mol. The molecule has 7 rings (SSSR count). The Labute approximate surface area is 320 Å². The molecule has 4 aliphatic carbocycles. The van der Waals surface area contributed by atoms with Gasteiger partial charge in [0.25, 0.3) is 0 Å². The minimum absolute atomic E-state index is 0.0452. The van der Waals surface area contributed by atoms with Gasteiger partial charge in [0.1, 0.15) is 24.4 Å². The standard InChI is InChI=1S/C47H70O6/c1-4-5-6-7-8-15-20-35-22-24-39-38-23-21-36-29-37(25-27-47(36,3)40(38)26-28-46(35,39)2)52-45-44(51-32-34-18-13-10-14-19-34)43(42(49)41(30-48)53-45)50-31-33-16-11-9-12-17-33/h9-14,16-19,35-45,48-49H,4-8,15,20-32H2,1-3H3/t35-,36?,37?,38?,39?,40?,41?,42+,43+,44?,45+,46+,47-/m0/s1. The summed E-state index contributed by atoms with van der Waals surface area (Å²) in [5, 5.41) is 21.8. The van der Waals surface area contributed by atoms with Gasteiger partial charge in [0.05, 0.1) is 25.9 Å². The molecule has 2 aromatic rings. The summed E-state index contributed by atoms with van der Waals surface area (Å²) in [6.45, 7) is 8.02. The van der Waals surface area contributed by atoms with Crippen molar-refractivity contribution in [1.29, 1.82) is 0 Å². The highest BCUT2D eigenvalue weighted by Crippen LogP contribution is 2.68. The second-order valence-electron chi connectivity index (χ2n) is 18.3. The van der Waals surface area contributed by atoms with Crippen LogP contribution in [0.15, 0.2) is 60.7 Å². The van der Waals surface area contributed by atoms with Crippen LogP contribution in [0.1, 0.15) is 135 Å². The SMILES string of the molecule is CCCCCCCC[C@H]1CCC2C3CCC4CC(O[C@@H]5OC(CO)[C@@H](O)[C@@H](OCc6ccccc6)C5OCc5ccccc5)CC[C@]4(C)C3CC[C@@]21C. The summed E-state index contributed by atoms with van der Waals surface area (Å²) >= 11 is 0. The van der Waals surface area contributed by atoms with Crippen LogP contribution in [0.25, 0.3) is 0 Å². The molecule has 4 saturated carbocycles. The van der Waals surface area contributed by atoms with Crippen LogP contribution in [0.5, 0.6) is 0 Å². The number of aliphatic hydroxyl groups excluding tert-OH is 2. The Kier molecular flexibility index (Phi) is 13.4. The van der Waals surface area contributed by atoms with Gasteiger partial charge < -0.3 is 29.2 Å². The summed E-state index contributed by atoms with van der Waals surface area (Å²) in [7, 11) is 0. The van der Waals surface area contributed by atoms with Crippen molar-refractivity contribution in [3.8, 4) is 0 Å². The summed E-state index contributed by atoms with van der Waals surface area (Å²) in [6.07, 6.45) is 17.6. The number of ether oxygens (including phenoxy) is 4. The van der Waals surface area contributed by atoms with Crippen molar-refractivity contribution in [2.45, 2.75) is 174 Å². The number of aliphatic hydroxyl groups is 2. The van der Waals surface area contributed by atoms with Crippen molar-refractivity contribution in [3.05, 3.63) is 71.8 Å². The van der Waals surface area contributed by atoms with Crippen molar-refractivity contribution in [2.24, 2.45) is 40.4 Å². The van der Waals surface area contributed by atoms with E-state index in [1.54, 1.807) is 0 Å². The van der Waals surface area contributed by atoms with Crippen molar-refractivity contribution < 1.29 is 29.2 Å². The zero-order valence-electron chi connectivity index (χ0n) is 33.1. The molecule has 1 heterocycles. The van der Waals surface area contributed by atoms with Crippen LogP contribution in [0.3, 0.4) is 0 Å². The second-order valence-corrected chi connectivity index (χ2v) is 18.3. The van der Waals surface area contributed by atoms with E-state index in [9.17, 15) is 10.2 Å². The number of rotatable bonds is 16. The van der Waals surface area contributed by atoms with Crippen molar-refractivity contribution in [2.75, 3.05) is 6.61 Å². The molecule has 0 radical (unpaired) electrons. The quantitative estimate of drug-likeness (QED) is 0.132. The second kappa shape index (κ2) is 18.0. The first-order valence-corrected chi connectivity index (χ1v) is 21.7. The van der Waals surface area contributed by atoms with E-state index in [4.69, 9.17) is 18.9 Å². The minimum Gasteiger partial charge on any atom is -0.394 e. The number of fused-ring (bicyclic) bond motifs is 5. The van der Waals surface area contributed by atoms with E-state index in [-0.39, 0.29) is 12.7 Å². The first-order valence-electron chi connectivity index (χ1n) is 21.7. The summed E-state index contributed by atoms with van der Waals surface area (Å²) in [4.78, 5) is 0. The molecule has 1 aliphatic heterocycles. The maximum absolute atomic E-state index is 11.4. The fourth-order valence-corrected chi connectivity index (χ4v) is 12.3. The Hall–Kier alpha value is -1.80. The molecule has 6 heteroatoms. The maximum Gasteiger partial charge on any atom is 0.187 e. The van der Waals surface area contributed by atoms with E-state index in [1.165, 1.54) is 89.9 Å². The van der Waals surface area contributed by atoms with E-state index in [0.29, 0.717) is 30.0 Å². The lowest BCUT2D eigenvalue weighted by atomic mass is 9.44. The lowest BCUT2D eigenvalue weighted by molar-refractivity contribution is -0.332. The molecular weight excluding hydrogens is 661 g/mol. The van der Waals surface area contributed by atoms with Crippen LogP contribution < -0.4 is 0 Å². The average Bonchev–Trinajstić information content (AvgIpc) is 3.52. The molecule has 5 aliphatic rings. The van der Waals surface area contributed by atoms with E-state index < -0.39 is 30.7 Å². The van der Waals surface area contributed by atoms with Gasteiger partial charge in [-0.15, -0.1) is 0 Å². The van der Waals surface area contributed by atoms with Gasteiger partial charge in [-0.05, 0) is 116 Å². The molecule has 1 saturated heterocycles. The van der Waals surface area contributed by atoms with Gasteiger partial charge in [-0.1, -0.05) is 120 Å². The van der Waals surface area contributed by atoms with Gasteiger partial charge in [-0.25, -0.2) is 0 Å². The predicted octanol–water partition coefficient (Wildman–Crippen LogP) is 10.0. The molecule has 6 nitrogen and oxygen atoms in total. The van der Waals surface area contributed by atoms with Gasteiger partial charge in [0.2, 0.25) is 0 Å². The van der Waals surface area contributed by atoms with Gasteiger partial charge >= 0.3 is 0 Å². The topological polar surface area (TPSA) is 77.4 Å². The van der Waals surface area contributed by atoms with E-state index >= 15 is 0 Å². The molecule has 0 spiro atoms. The van der Waals surface area contributed by atoms with Gasteiger partial charge in [0.15, 0.2) is 6.29 Å². The van der Waals surface area contributed by atoms with Gasteiger partial charge in [-0.2, -0.15) is 0 Å². The normalized spacial score (nSPS) is 39.6. The Morgan fingerprint density at radius 3 is 2.06 bits per heavy atom. The zero-order valence-corrected chi connectivity index (χ0v) is 33.1. The minimum atomic E-state index is -1.05. The highest BCUT2D eigenvalue weighted by atomic mass is 16.7. The Balaban J connectivity index is 1.00. The Morgan fingerprint density at radius 1 is 0.717 bits per heavy atom. The molecule has 0 aromatic heterocycles. The first-order chi connectivity index (χ1) is 25.8. The fraction of sp³-hybridized carbons (Fsp3) is 0.745. The summed E-state index contributed by atoms with van der Waals surface area (Å²) in [5.41, 5.74) is 2.97. The number of hydrogen-bond donors (Lipinski definition) is 2. The van der Waals surface area contributed by atoms with Crippen molar-refractivity contribution in [1.82, 2.24) is 0 Å². The Morgan fingerprint density at radius 2 is 1.36 bits per heavy atom. The molecule has 2 aromatic carbocycles. The Bertz CT molecular complexity index is 1390. The van der Waals surface area contributed by atoms with Crippen LogP contribution in [0, 0.1) is 40.4 Å². The van der Waals surface area contributed by atoms with Gasteiger partial charge in [0, 0.05) is 0 Å². The van der Waals surface area contributed by atoms with Crippen LogP contribution in [0.4, 0.5) is 0 Å². The highest BCUT2D eigenvalue weighted by molar-refractivity contribution is 5.15. The number of hydrogen-bond acceptors (Lipinski definition) is 6. The molecule has 2 N–H and O–H groups in total. The summed E-state index contributed by atoms with van der Waals surface area (Å²) in [6, 6.07) is 20.1. The van der Waals surface area contributed by atoms with Crippen molar-refractivity contribution in [3.63, 3.8) is 0 Å². The molecule has 53 heavy (non-hydrogen) atoms. The number of benzene rings is 2. The van der Waals surface area contributed by atoms with Crippen molar-refractivity contribution >= 4 is 0 Å². The van der Waals surface area contributed by atoms with Crippen LogP contribution >= 0.6 is 0 Å². The van der Waals surface area contributed by atoms with E-state index in [0.717, 1.165) is 47.6 Å². The van der Waals surface area contributed by atoms with E-state index in [2.05, 4.69) is 20.8 Å². The molecule has 0 amide bonds. The molecule has 5 fully saturated rings. The van der Waals surface area contributed by atoms with E-state index in [1.807, 2.05) is 60.7 Å². The molecule has 13 atom stereocenters. The predicted molar refractivity (Wildman–Crippen MR) is 210 cm³/mol. The third-order valence-electron chi connectivity index (χ3n) is 15.4. The molecular formula is C47H70O6. The highest BCUT2D eigenvalue weighted by Gasteiger charge is 2.60. The maximum atomic E-state index is 11.4. The average molecular weight is 731 g/mol. The van der Waals surface area contributed by atoms with Crippen LogP contribution in [0.2, 0.25) is 0 Å². The lowest BCUT2D eigenvalue weighted by Gasteiger charge is -2.61. The molecule has 7 unspecified atom stereocenters. The summed E-state index contributed by atoms with van der Waals surface area (Å²) in [5.74, 6) is 4.19. The first kappa shape index (κ1) is 39.4. The number of unbranched alkanes of at least 4 members (excludes halogenated alkanes) is 5. The third-order valence-corrected chi connectivity index (χ3v) is 15.4. The van der Waals surface area contributed by atoms with Gasteiger partial charge in [-0.3, -0.25) is 0 Å². The van der Waals surface area contributed by atoms with Crippen LogP contribution in [-0.4, -0.2) is 53.6 Å². The fourth-order valence-electron chi connectivity index (χ4n) is 12.3.